The molecular formula is C11H13N3S. The van der Waals surface area contributed by atoms with Gasteiger partial charge in [0.2, 0.25) is 0 Å². The Morgan fingerprint density at radius 1 is 1.20 bits per heavy atom. The van der Waals surface area contributed by atoms with E-state index in [0.717, 1.165) is 15.7 Å². The predicted octanol–water partition coefficient (Wildman–Crippen LogP) is 3.03. The van der Waals surface area contributed by atoms with Crippen LogP contribution in [0.5, 0.6) is 0 Å². The SMILES string of the molecule is Cc1nnc(-c2ccc(C(C)C)cn2)s1. The van der Waals surface area contributed by atoms with Crippen molar-refractivity contribution >= 4 is 11.3 Å². The van der Waals surface area contributed by atoms with E-state index in [1.165, 1.54) is 5.56 Å². The van der Waals surface area contributed by atoms with E-state index < -0.39 is 0 Å². The summed E-state index contributed by atoms with van der Waals surface area (Å²) in [5.74, 6) is 0.516. The van der Waals surface area contributed by atoms with Crippen LogP contribution < -0.4 is 0 Å². The molecule has 0 fully saturated rings. The van der Waals surface area contributed by atoms with Crippen molar-refractivity contribution in [1.82, 2.24) is 15.2 Å². The van der Waals surface area contributed by atoms with Gasteiger partial charge in [0.15, 0.2) is 5.01 Å². The van der Waals surface area contributed by atoms with Crippen LogP contribution in [-0.2, 0) is 0 Å². The van der Waals surface area contributed by atoms with Crippen LogP contribution in [0.15, 0.2) is 18.3 Å². The van der Waals surface area contributed by atoms with Crippen LogP contribution in [0.2, 0.25) is 0 Å². The number of hydrogen-bond acceptors (Lipinski definition) is 4. The van der Waals surface area contributed by atoms with E-state index in [1.54, 1.807) is 11.3 Å². The Hall–Kier alpha value is -1.29. The van der Waals surface area contributed by atoms with Crippen LogP contribution in [0.4, 0.5) is 0 Å². The average molecular weight is 219 g/mol. The third-order valence-corrected chi connectivity index (χ3v) is 3.06. The van der Waals surface area contributed by atoms with Crippen LogP contribution in [0.25, 0.3) is 10.7 Å². The second kappa shape index (κ2) is 4.06. The summed E-state index contributed by atoms with van der Waals surface area (Å²) in [7, 11) is 0. The first kappa shape index (κ1) is 10.2. The fourth-order valence-electron chi connectivity index (χ4n) is 1.27. The molecule has 0 radical (unpaired) electrons. The Morgan fingerprint density at radius 3 is 2.47 bits per heavy atom. The fourth-order valence-corrected chi connectivity index (χ4v) is 1.94. The molecule has 2 rings (SSSR count). The lowest BCUT2D eigenvalue weighted by molar-refractivity contribution is 0.858. The lowest BCUT2D eigenvalue weighted by Gasteiger charge is -2.03. The number of nitrogens with zero attached hydrogens (tertiary/aromatic N) is 3. The van der Waals surface area contributed by atoms with Gasteiger partial charge in [0.1, 0.15) is 10.7 Å². The molecule has 0 aliphatic heterocycles. The summed E-state index contributed by atoms with van der Waals surface area (Å²) >= 11 is 1.57. The van der Waals surface area contributed by atoms with Gasteiger partial charge < -0.3 is 0 Å². The van der Waals surface area contributed by atoms with Gasteiger partial charge in [-0.3, -0.25) is 4.98 Å². The normalized spacial score (nSPS) is 10.9. The van der Waals surface area contributed by atoms with Gasteiger partial charge in [0, 0.05) is 6.20 Å². The summed E-state index contributed by atoms with van der Waals surface area (Å²) in [4.78, 5) is 4.39. The quantitative estimate of drug-likeness (QED) is 0.779. The van der Waals surface area contributed by atoms with Crippen molar-refractivity contribution in [2.75, 3.05) is 0 Å². The number of rotatable bonds is 2. The van der Waals surface area contributed by atoms with Gasteiger partial charge in [-0.15, -0.1) is 10.2 Å². The molecule has 0 aliphatic rings. The summed E-state index contributed by atoms with van der Waals surface area (Å²) in [6, 6.07) is 4.11. The number of hydrogen-bond donors (Lipinski definition) is 0. The maximum atomic E-state index is 4.39. The maximum Gasteiger partial charge on any atom is 0.166 e. The molecule has 0 atom stereocenters. The highest BCUT2D eigenvalue weighted by Crippen LogP contribution is 2.22. The van der Waals surface area contributed by atoms with Gasteiger partial charge >= 0.3 is 0 Å². The van der Waals surface area contributed by atoms with E-state index >= 15 is 0 Å². The summed E-state index contributed by atoms with van der Waals surface area (Å²) in [6.07, 6.45) is 1.91. The molecule has 0 saturated carbocycles. The van der Waals surface area contributed by atoms with Crippen molar-refractivity contribution in [3.63, 3.8) is 0 Å². The molecule has 3 nitrogen and oxygen atoms in total. The highest BCUT2D eigenvalue weighted by atomic mass is 32.1. The zero-order chi connectivity index (χ0) is 10.8. The Labute approximate surface area is 93.2 Å². The summed E-state index contributed by atoms with van der Waals surface area (Å²) in [5, 5.41) is 9.91. The van der Waals surface area contributed by atoms with E-state index in [9.17, 15) is 0 Å². The number of pyridine rings is 1. The average Bonchev–Trinajstić information content (AvgIpc) is 2.65. The molecule has 2 aromatic rings. The van der Waals surface area contributed by atoms with Gasteiger partial charge in [-0.2, -0.15) is 0 Å². The summed E-state index contributed by atoms with van der Waals surface area (Å²) < 4.78 is 0. The zero-order valence-corrected chi connectivity index (χ0v) is 9.88. The van der Waals surface area contributed by atoms with Gasteiger partial charge in [0.25, 0.3) is 0 Å². The van der Waals surface area contributed by atoms with Gasteiger partial charge in [-0.25, -0.2) is 0 Å². The molecule has 15 heavy (non-hydrogen) atoms. The highest BCUT2D eigenvalue weighted by molar-refractivity contribution is 7.14. The first-order valence-corrected chi connectivity index (χ1v) is 5.75. The van der Waals surface area contributed by atoms with Crippen molar-refractivity contribution in [3.8, 4) is 10.7 Å². The summed E-state index contributed by atoms with van der Waals surface area (Å²) in [5.41, 5.74) is 2.16. The summed E-state index contributed by atoms with van der Waals surface area (Å²) in [6.45, 7) is 6.27. The van der Waals surface area contributed by atoms with E-state index in [2.05, 4.69) is 35.1 Å². The molecule has 0 bridgehead atoms. The maximum absolute atomic E-state index is 4.39. The molecule has 0 aromatic carbocycles. The van der Waals surface area contributed by atoms with Crippen molar-refractivity contribution < 1.29 is 0 Å². The predicted molar refractivity (Wildman–Crippen MR) is 62.0 cm³/mol. The second-order valence-corrected chi connectivity index (χ2v) is 4.94. The minimum atomic E-state index is 0.516. The van der Waals surface area contributed by atoms with Crippen molar-refractivity contribution in [3.05, 3.63) is 28.9 Å². The molecule has 2 heterocycles. The Balaban J connectivity index is 2.31. The molecule has 0 aliphatic carbocycles. The van der Waals surface area contributed by atoms with Gasteiger partial charge in [-0.1, -0.05) is 31.3 Å². The molecule has 78 valence electrons. The van der Waals surface area contributed by atoms with Gasteiger partial charge in [-0.05, 0) is 24.5 Å². The molecule has 0 spiro atoms. The molecular weight excluding hydrogens is 206 g/mol. The zero-order valence-electron chi connectivity index (χ0n) is 9.06. The standard InChI is InChI=1S/C11H13N3S/c1-7(2)9-4-5-10(12-6-9)11-14-13-8(3)15-11/h4-7H,1-3H3. The Kier molecular flexibility index (Phi) is 2.77. The fraction of sp³-hybridized carbons (Fsp3) is 0.364. The molecule has 0 amide bonds. The lowest BCUT2D eigenvalue weighted by atomic mass is 10.1. The first-order valence-electron chi connectivity index (χ1n) is 4.93. The molecule has 0 N–H and O–H groups in total. The Morgan fingerprint density at radius 2 is 2.00 bits per heavy atom. The van der Waals surface area contributed by atoms with Crippen LogP contribution in [-0.4, -0.2) is 15.2 Å². The van der Waals surface area contributed by atoms with Crippen LogP contribution in [0, 0.1) is 6.92 Å². The minimum Gasteiger partial charge on any atom is -0.253 e. The highest BCUT2D eigenvalue weighted by Gasteiger charge is 2.06. The third kappa shape index (κ3) is 2.21. The number of aryl methyl sites for hydroxylation is 1. The van der Waals surface area contributed by atoms with Crippen molar-refractivity contribution in [2.24, 2.45) is 0 Å². The second-order valence-electron chi connectivity index (χ2n) is 3.76. The topological polar surface area (TPSA) is 38.7 Å². The van der Waals surface area contributed by atoms with Crippen molar-refractivity contribution in [1.29, 1.82) is 0 Å². The lowest BCUT2D eigenvalue weighted by Crippen LogP contribution is -1.90. The van der Waals surface area contributed by atoms with Crippen LogP contribution in [0.1, 0.15) is 30.3 Å². The molecule has 4 heteroatoms. The smallest absolute Gasteiger partial charge is 0.166 e. The van der Waals surface area contributed by atoms with Gasteiger partial charge in [0.05, 0.1) is 0 Å². The minimum absolute atomic E-state index is 0.516. The molecule has 0 unspecified atom stereocenters. The van der Waals surface area contributed by atoms with Crippen LogP contribution >= 0.6 is 11.3 Å². The van der Waals surface area contributed by atoms with Crippen molar-refractivity contribution in [2.45, 2.75) is 26.7 Å². The number of aromatic nitrogens is 3. The monoisotopic (exact) mass is 219 g/mol. The molecule has 0 saturated heterocycles. The van der Waals surface area contributed by atoms with E-state index in [0.29, 0.717) is 5.92 Å². The first-order chi connectivity index (χ1) is 7.16. The molecule has 2 aromatic heterocycles. The van der Waals surface area contributed by atoms with E-state index in [-0.39, 0.29) is 0 Å². The van der Waals surface area contributed by atoms with E-state index in [4.69, 9.17) is 0 Å². The largest absolute Gasteiger partial charge is 0.253 e. The Bertz CT molecular complexity index is 445. The van der Waals surface area contributed by atoms with E-state index in [1.807, 2.05) is 19.2 Å². The third-order valence-electron chi connectivity index (χ3n) is 2.20. The van der Waals surface area contributed by atoms with Crippen LogP contribution in [0.3, 0.4) is 0 Å².